The fourth-order valence-corrected chi connectivity index (χ4v) is 1.88. The summed E-state index contributed by atoms with van der Waals surface area (Å²) in [6, 6.07) is 9.67. The molecule has 0 radical (unpaired) electrons. The molecule has 1 aromatic carbocycles. The highest BCUT2D eigenvalue weighted by atomic mass is 16.1. The zero-order valence-electron chi connectivity index (χ0n) is 9.52. The zero-order chi connectivity index (χ0) is 12.5. The van der Waals surface area contributed by atoms with Crippen molar-refractivity contribution in [2.75, 3.05) is 5.73 Å². The third kappa shape index (κ3) is 1.64. The lowest BCUT2D eigenvalue weighted by Gasteiger charge is -2.07. The smallest absolute Gasteiger partial charge is 0.353 e. The molecule has 3 rings (SSSR count). The first-order valence-electron chi connectivity index (χ1n) is 5.49. The average Bonchev–Trinajstić information content (AvgIpc) is 2.85. The predicted octanol–water partition coefficient (Wildman–Crippen LogP) is 0.521. The van der Waals surface area contributed by atoms with E-state index in [0.717, 1.165) is 5.56 Å². The van der Waals surface area contributed by atoms with Crippen LogP contribution in [0, 0.1) is 0 Å². The van der Waals surface area contributed by atoms with E-state index in [-0.39, 0.29) is 5.95 Å². The molecule has 0 aliphatic rings. The molecule has 2 N–H and O–H groups in total. The number of imidazole rings is 1. The molecule has 90 valence electrons. The first-order chi connectivity index (χ1) is 8.75. The summed E-state index contributed by atoms with van der Waals surface area (Å²) in [6.45, 7) is 0.424. The quantitative estimate of drug-likeness (QED) is 0.709. The number of aromatic nitrogens is 4. The molecule has 0 saturated heterocycles. The summed E-state index contributed by atoms with van der Waals surface area (Å²) in [4.78, 5) is 19.8. The topological polar surface area (TPSA) is 78.2 Å². The second-order valence-electron chi connectivity index (χ2n) is 3.92. The normalized spacial score (nSPS) is 10.9. The summed E-state index contributed by atoms with van der Waals surface area (Å²) in [5.41, 5.74) is 6.28. The van der Waals surface area contributed by atoms with Crippen LogP contribution in [-0.2, 0) is 6.54 Å². The molecule has 0 amide bonds. The van der Waals surface area contributed by atoms with Gasteiger partial charge >= 0.3 is 5.69 Å². The van der Waals surface area contributed by atoms with Crippen LogP contribution in [0.15, 0.2) is 47.5 Å². The van der Waals surface area contributed by atoms with Crippen LogP contribution in [0.4, 0.5) is 5.95 Å². The maximum Gasteiger partial charge on any atom is 0.353 e. The van der Waals surface area contributed by atoms with E-state index >= 15 is 0 Å². The Morgan fingerprint density at radius 1 is 1.22 bits per heavy atom. The summed E-state index contributed by atoms with van der Waals surface area (Å²) in [5.74, 6) is 0.646. The van der Waals surface area contributed by atoms with Crippen LogP contribution >= 0.6 is 0 Å². The SMILES string of the molecule is Nc1nc(=O)n(Cc2ccccc2)c2nccn12. The van der Waals surface area contributed by atoms with Crippen molar-refractivity contribution in [3.63, 3.8) is 0 Å². The van der Waals surface area contributed by atoms with Gasteiger partial charge in [-0.15, -0.1) is 0 Å². The third-order valence-corrected chi connectivity index (χ3v) is 2.73. The van der Waals surface area contributed by atoms with Gasteiger partial charge in [0, 0.05) is 12.4 Å². The molecule has 6 heteroatoms. The molecule has 2 heterocycles. The summed E-state index contributed by atoms with van der Waals surface area (Å²) < 4.78 is 3.08. The number of nitrogen functional groups attached to an aromatic ring is 1. The van der Waals surface area contributed by atoms with Crippen LogP contribution in [0.1, 0.15) is 5.56 Å². The standard InChI is InChI=1S/C12H11N5O/c13-10-15-12(18)17(11-14-6-7-16(10)11)8-9-4-2-1-3-5-9/h1-7H,8H2,(H2,13,15,18). The Balaban J connectivity index is 2.17. The lowest BCUT2D eigenvalue weighted by molar-refractivity contribution is 0.722. The van der Waals surface area contributed by atoms with Gasteiger partial charge in [-0.05, 0) is 5.56 Å². The highest BCUT2D eigenvalue weighted by molar-refractivity contribution is 5.37. The van der Waals surface area contributed by atoms with Crippen LogP contribution < -0.4 is 11.4 Å². The highest BCUT2D eigenvalue weighted by Crippen LogP contribution is 2.06. The van der Waals surface area contributed by atoms with Gasteiger partial charge in [0.25, 0.3) is 0 Å². The number of nitrogens with two attached hydrogens (primary N) is 1. The second kappa shape index (κ2) is 3.99. The molecular formula is C12H11N5O. The maximum absolute atomic E-state index is 11.9. The minimum atomic E-state index is -0.393. The van der Waals surface area contributed by atoms with Gasteiger partial charge in [-0.25, -0.2) is 9.78 Å². The highest BCUT2D eigenvalue weighted by Gasteiger charge is 2.09. The van der Waals surface area contributed by atoms with Crippen LogP contribution in [0.2, 0.25) is 0 Å². The summed E-state index contributed by atoms with van der Waals surface area (Å²) >= 11 is 0. The Morgan fingerprint density at radius 2 is 2.00 bits per heavy atom. The largest absolute Gasteiger partial charge is 0.369 e. The molecule has 0 unspecified atom stereocenters. The molecule has 18 heavy (non-hydrogen) atoms. The molecule has 0 aliphatic carbocycles. The van der Waals surface area contributed by atoms with E-state index in [1.165, 1.54) is 4.57 Å². The zero-order valence-corrected chi connectivity index (χ0v) is 9.52. The van der Waals surface area contributed by atoms with E-state index in [9.17, 15) is 4.79 Å². The fourth-order valence-electron chi connectivity index (χ4n) is 1.88. The molecule has 0 atom stereocenters. The Labute approximate surface area is 102 Å². The van der Waals surface area contributed by atoms with Crippen LogP contribution in [-0.4, -0.2) is 18.9 Å². The number of hydrogen-bond donors (Lipinski definition) is 1. The van der Waals surface area contributed by atoms with Gasteiger partial charge in [0.2, 0.25) is 11.7 Å². The molecule has 0 fully saturated rings. The lowest BCUT2D eigenvalue weighted by atomic mass is 10.2. The summed E-state index contributed by atoms with van der Waals surface area (Å²) in [6.07, 6.45) is 3.27. The van der Waals surface area contributed by atoms with Gasteiger partial charge in [0.05, 0.1) is 6.54 Å². The molecule has 0 bridgehead atoms. The van der Waals surface area contributed by atoms with Crippen molar-refractivity contribution < 1.29 is 0 Å². The average molecular weight is 241 g/mol. The molecule has 0 aliphatic heterocycles. The number of nitrogens with zero attached hydrogens (tertiary/aromatic N) is 4. The Bertz CT molecular complexity index is 744. The van der Waals surface area contributed by atoms with E-state index in [4.69, 9.17) is 5.73 Å². The molecule has 6 nitrogen and oxygen atoms in total. The minimum Gasteiger partial charge on any atom is -0.369 e. The van der Waals surface area contributed by atoms with E-state index in [0.29, 0.717) is 12.3 Å². The Morgan fingerprint density at radius 3 is 2.78 bits per heavy atom. The molecule has 3 aromatic rings. The van der Waals surface area contributed by atoms with Gasteiger partial charge < -0.3 is 5.73 Å². The number of fused-ring (bicyclic) bond motifs is 1. The number of anilines is 1. The Hall–Kier alpha value is -2.63. The lowest BCUT2D eigenvalue weighted by Crippen LogP contribution is -2.27. The molecule has 0 saturated carbocycles. The van der Waals surface area contributed by atoms with Crippen LogP contribution in [0.5, 0.6) is 0 Å². The van der Waals surface area contributed by atoms with Crippen molar-refractivity contribution in [1.82, 2.24) is 18.9 Å². The number of rotatable bonds is 2. The van der Waals surface area contributed by atoms with Gasteiger partial charge in [0.1, 0.15) is 0 Å². The third-order valence-electron chi connectivity index (χ3n) is 2.73. The van der Waals surface area contributed by atoms with Crippen molar-refractivity contribution >= 4 is 11.7 Å². The van der Waals surface area contributed by atoms with Crippen molar-refractivity contribution in [2.45, 2.75) is 6.54 Å². The van der Waals surface area contributed by atoms with E-state index in [1.807, 2.05) is 30.3 Å². The molecule has 2 aromatic heterocycles. The predicted molar refractivity (Wildman–Crippen MR) is 67.2 cm³/mol. The van der Waals surface area contributed by atoms with Crippen LogP contribution in [0.25, 0.3) is 5.78 Å². The molecule has 0 spiro atoms. The van der Waals surface area contributed by atoms with Gasteiger partial charge in [-0.2, -0.15) is 4.98 Å². The van der Waals surface area contributed by atoms with Crippen molar-refractivity contribution in [2.24, 2.45) is 0 Å². The van der Waals surface area contributed by atoms with Crippen LogP contribution in [0.3, 0.4) is 0 Å². The minimum absolute atomic E-state index is 0.150. The summed E-state index contributed by atoms with van der Waals surface area (Å²) in [7, 11) is 0. The Kier molecular flexibility index (Phi) is 2.33. The number of hydrogen-bond acceptors (Lipinski definition) is 4. The fraction of sp³-hybridized carbons (Fsp3) is 0.0833. The van der Waals surface area contributed by atoms with E-state index < -0.39 is 5.69 Å². The van der Waals surface area contributed by atoms with E-state index in [1.54, 1.807) is 16.8 Å². The maximum atomic E-state index is 11.9. The summed E-state index contributed by atoms with van der Waals surface area (Å²) in [5, 5.41) is 0. The molecular weight excluding hydrogens is 230 g/mol. The second-order valence-corrected chi connectivity index (χ2v) is 3.92. The monoisotopic (exact) mass is 241 g/mol. The van der Waals surface area contributed by atoms with Gasteiger partial charge in [-0.1, -0.05) is 30.3 Å². The first kappa shape index (κ1) is 10.5. The van der Waals surface area contributed by atoms with Gasteiger partial charge in [-0.3, -0.25) is 8.97 Å². The van der Waals surface area contributed by atoms with Gasteiger partial charge in [0.15, 0.2) is 0 Å². The van der Waals surface area contributed by atoms with Crippen molar-refractivity contribution in [3.8, 4) is 0 Å². The number of benzene rings is 1. The van der Waals surface area contributed by atoms with E-state index in [2.05, 4.69) is 9.97 Å². The van der Waals surface area contributed by atoms with Crippen molar-refractivity contribution in [3.05, 3.63) is 58.8 Å². The van der Waals surface area contributed by atoms with Crippen molar-refractivity contribution in [1.29, 1.82) is 0 Å². The first-order valence-corrected chi connectivity index (χ1v) is 5.49.